The molecule has 0 aromatic carbocycles. The van der Waals surface area contributed by atoms with Crippen LogP contribution in [0.5, 0.6) is 0 Å². The number of halogens is 4. The minimum Gasteiger partial charge on any atom is -0.337 e. The highest BCUT2D eigenvalue weighted by atomic mass is 79.9. The Bertz CT molecular complexity index is 475. The van der Waals surface area contributed by atoms with E-state index >= 15 is 0 Å². The summed E-state index contributed by atoms with van der Waals surface area (Å²) in [5.41, 5.74) is -0.773. The van der Waals surface area contributed by atoms with Gasteiger partial charge in [0.2, 0.25) is 0 Å². The van der Waals surface area contributed by atoms with Crippen molar-refractivity contribution in [1.82, 2.24) is 9.88 Å². The lowest BCUT2D eigenvalue weighted by Crippen LogP contribution is -2.29. The quantitative estimate of drug-likeness (QED) is 0.783. The summed E-state index contributed by atoms with van der Waals surface area (Å²) < 4.78 is 37.3. The first-order valence-electron chi connectivity index (χ1n) is 6.30. The van der Waals surface area contributed by atoms with Gasteiger partial charge in [-0.15, -0.1) is 0 Å². The smallest absolute Gasteiger partial charge is 0.337 e. The molecule has 0 saturated carbocycles. The van der Waals surface area contributed by atoms with Crippen molar-refractivity contribution in [3.63, 3.8) is 0 Å². The summed E-state index contributed by atoms with van der Waals surface area (Å²) in [5.74, 6) is 0.156. The van der Waals surface area contributed by atoms with Gasteiger partial charge >= 0.3 is 6.18 Å². The van der Waals surface area contributed by atoms with E-state index in [0.717, 1.165) is 30.3 Å². The Morgan fingerprint density at radius 2 is 2.20 bits per heavy atom. The van der Waals surface area contributed by atoms with Gasteiger partial charge in [0.25, 0.3) is 5.91 Å². The van der Waals surface area contributed by atoms with Crippen LogP contribution in [0.1, 0.15) is 28.9 Å². The van der Waals surface area contributed by atoms with Crippen LogP contribution in [0, 0.1) is 5.92 Å². The summed E-state index contributed by atoms with van der Waals surface area (Å²) in [5, 5.41) is 0.887. The normalized spacial score (nSPS) is 19.4. The zero-order valence-electron chi connectivity index (χ0n) is 10.7. The van der Waals surface area contributed by atoms with E-state index in [0.29, 0.717) is 25.2 Å². The van der Waals surface area contributed by atoms with Gasteiger partial charge in [0.05, 0.1) is 5.56 Å². The summed E-state index contributed by atoms with van der Waals surface area (Å²) in [6.07, 6.45) is -1.80. The van der Waals surface area contributed by atoms with Crippen molar-refractivity contribution in [3.05, 3.63) is 29.6 Å². The number of nitrogens with zero attached hydrogens (tertiary/aromatic N) is 2. The van der Waals surface area contributed by atoms with Gasteiger partial charge in [-0.05, 0) is 30.9 Å². The van der Waals surface area contributed by atoms with Crippen molar-refractivity contribution in [2.45, 2.75) is 19.0 Å². The molecule has 1 fully saturated rings. The number of alkyl halides is 4. The van der Waals surface area contributed by atoms with Gasteiger partial charge in [-0.1, -0.05) is 15.9 Å². The van der Waals surface area contributed by atoms with E-state index in [1.54, 1.807) is 4.90 Å². The average molecular weight is 351 g/mol. The predicted octanol–water partition coefficient (Wildman–Crippen LogP) is 3.35. The molecule has 2 heterocycles. The van der Waals surface area contributed by atoms with Crippen molar-refractivity contribution in [1.29, 1.82) is 0 Å². The van der Waals surface area contributed by atoms with E-state index in [1.807, 2.05) is 0 Å². The van der Waals surface area contributed by atoms with Crippen LogP contribution >= 0.6 is 15.9 Å². The fourth-order valence-electron chi connectivity index (χ4n) is 2.26. The van der Waals surface area contributed by atoms with Crippen LogP contribution < -0.4 is 0 Å². The molecular formula is C13H14BrF3N2O. The van der Waals surface area contributed by atoms with Crippen molar-refractivity contribution in [2.24, 2.45) is 5.92 Å². The van der Waals surface area contributed by atoms with Crippen molar-refractivity contribution >= 4 is 21.8 Å². The van der Waals surface area contributed by atoms with E-state index in [4.69, 9.17) is 0 Å². The number of carbonyl (C=O) groups is 1. The minimum absolute atomic E-state index is 0.0671. The Morgan fingerprint density at radius 1 is 1.45 bits per heavy atom. The molecule has 1 aromatic heterocycles. The highest BCUT2D eigenvalue weighted by Gasteiger charge is 2.32. The Morgan fingerprint density at radius 3 is 2.75 bits per heavy atom. The summed E-state index contributed by atoms with van der Waals surface area (Å²) in [4.78, 5) is 17.4. The summed E-state index contributed by atoms with van der Waals surface area (Å²) in [6, 6.07) is 2.04. The molecule has 110 valence electrons. The maximum Gasteiger partial charge on any atom is 0.417 e. The largest absolute Gasteiger partial charge is 0.417 e. The van der Waals surface area contributed by atoms with Crippen LogP contribution in [0.3, 0.4) is 0 Å². The van der Waals surface area contributed by atoms with E-state index in [-0.39, 0.29) is 11.6 Å². The lowest BCUT2D eigenvalue weighted by Gasteiger charge is -2.16. The van der Waals surface area contributed by atoms with Crippen LogP contribution in [-0.2, 0) is 6.18 Å². The fraction of sp³-hybridized carbons (Fsp3) is 0.538. The second-order valence-electron chi connectivity index (χ2n) is 4.81. The second-order valence-corrected chi connectivity index (χ2v) is 5.61. The summed E-state index contributed by atoms with van der Waals surface area (Å²) >= 11 is 3.37. The van der Waals surface area contributed by atoms with Crippen LogP contribution in [0.15, 0.2) is 18.3 Å². The Hall–Kier alpha value is -1.11. The Kier molecular flexibility index (Phi) is 4.67. The molecule has 2 rings (SSSR count). The molecule has 0 aliphatic carbocycles. The van der Waals surface area contributed by atoms with Crippen LogP contribution in [0.25, 0.3) is 0 Å². The number of hydrogen-bond donors (Lipinski definition) is 0. The van der Waals surface area contributed by atoms with Crippen LogP contribution in [0.4, 0.5) is 13.2 Å². The summed E-state index contributed by atoms with van der Waals surface area (Å²) in [6.45, 7) is 1.28. The molecule has 1 aromatic rings. The van der Waals surface area contributed by atoms with Crippen molar-refractivity contribution in [2.75, 3.05) is 18.4 Å². The molecule has 1 amide bonds. The second kappa shape index (κ2) is 6.11. The van der Waals surface area contributed by atoms with Gasteiger partial charge in [0.1, 0.15) is 5.69 Å². The van der Waals surface area contributed by atoms with Crippen molar-refractivity contribution < 1.29 is 18.0 Å². The van der Waals surface area contributed by atoms with Crippen molar-refractivity contribution in [3.8, 4) is 0 Å². The molecule has 1 atom stereocenters. The fourth-order valence-corrected chi connectivity index (χ4v) is 2.90. The monoisotopic (exact) mass is 350 g/mol. The van der Waals surface area contributed by atoms with Gasteiger partial charge in [0, 0.05) is 24.6 Å². The van der Waals surface area contributed by atoms with Gasteiger partial charge in [-0.2, -0.15) is 13.2 Å². The first-order chi connectivity index (χ1) is 9.41. The highest BCUT2D eigenvalue weighted by Crippen LogP contribution is 2.28. The molecule has 1 unspecified atom stereocenters. The zero-order chi connectivity index (χ0) is 14.8. The molecule has 1 aliphatic heterocycles. The zero-order valence-corrected chi connectivity index (χ0v) is 12.2. The number of amides is 1. The van der Waals surface area contributed by atoms with Gasteiger partial charge in [-0.3, -0.25) is 9.78 Å². The van der Waals surface area contributed by atoms with E-state index in [9.17, 15) is 18.0 Å². The highest BCUT2D eigenvalue weighted by molar-refractivity contribution is 9.09. The standard InChI is InChI=1S/C13H14BrF3N2O/c14-5-3-9-4-6-19(8-9)12(20)11-2-1-10(7-18-11)13(15,16)17/h1-2,7,9H,3-6,8H2. The molecule has 1 aliphatic rings. The van der Waals surface area contributed by atoms with Crippen LogP contribution in [0.2, 0.25) is 0 Å². The molecule has 0 radical (unpaired) electrons. The molecule has 20 heavy (non-hydrogen) atoms. The molecular weight excluding hydrogens is 337 g/mol. The third-order valence-electron chi connectivity index (χ3n) is 3.40. The molecule has 3 nitrogen and oxygen atoms in total. The molecule has 0 spiro atoms. The molecule has 1 saturated heterocycles. The first-order valence-corrected chi connectivity index (χ1v) is 7.42. The number of pyridine rings is 1. The topological polar surface area (TPSA) is 33.2 Å². The third-order valence-corrected chi connectivity index (χ3v) is 3.86. The van der Waals surface area contributed by atoms with E-state index in [1.165, 1.54) is 0 Å². The maximum atomic E-state index is 12.4. The SMILES string of the molecule is O=C(c1ccc(C(F)(F)F)cn1)N1CCC(CCBr)C1. The maximum absolute atomic E-state index is 12.4. The number of aromatic nitrogens is 1. The van der Waals surface area contributed by atoms with Gasteiger partial charge in [0.15, 0.2) is 0 Å². The number of hydrogen-bond acceptors (Lipinski definition) is 2. The van der Waals surface area contributed by atoms with E-state index in [2.05, 4.69) is 20.9 Å². The Labute approximate surface area is 123 Å². The van der Waals surface area contributed by atoms with Gasteiger partial charge < -0.3 is 4.90 Å². The predicted molar refractivity (Wildman–Crippen MR) is 71.7 cm³/mol. The lowest BCUT2D eigenvalue weighted by atomic mass is 10.1. The minimum atomic E-state index is -4.43. The first kappa shape index (κ1) is 15.3. The van der Waals surface area contributed by atoms with E-state index < -0.39 is 11.7 Å². The number of likely N-dealkylation sites (tertiary alicyclic amines) is 1. The molecule has 0 N–H and O–H groups in total. The Balaban J connectivity index is 2.03. The summed E-state index contributed by atoms with van der Waals surface area (Å²) in [7, 11) is 0. The number of carbonyl (C=O) groups excluding carboxylic acids is 1. The third kappa shape index (κ3) is 3.50. The number of rotatable bonds is 3. The van der Waals surface area contributed by atoms with Gasteiger partial charge in [-0.25, -0.2) is 0 Å². The molecule has 7 heteroatoms. The molecule has 0 bridgehead atoms. The lowest BCUT2D eigenvalue weighted by molar-refractivity contribution is -0.137. The average Bonchev–Trinajstić information content (AvgIpc) is 2.86. The van der Waals surface area contributed by atoms with Crippen LogP contribution in [-0.4, -0.2) is 34.2 Å².